The number of unbranched alkanes of at least 4 members (excludes halogenated alkanes) is 1. The van der Waals surface area contributed by atoms with Crippen LogP contribution in [0.3, 0.4) is 0 Å². The zero-order valence-electron chi connectivity index (χ0n) is 14.9. The van der Waals surface area contributed by atoms with Crippen molar-refractivity contribution >= 4 is 12.0 Å². The largest absolute Gasteiger partial charge is 0.491 e. The minimum atomic E-state index is -0.680. The Bertz CT molecular complexity index is 514. The predicted molar refractivity (Wildman–Crippen MR) is 93.2 cm³/mol. The molecule has 0 heterocycles. The van der Waals surface area contributed by atoms with Crippen LogP contribution in [0, 0.1) is 0 Å². The number of likely N-dealkylation sites (N-methyl/N-ethyl adjacent to an activating group) is 1. The van der Waals surface area contributed by atoms with Crippen LogP contribution in [0.2, 0.25) is 0 Å². The molecule has 0 saturated heterocycles. The molecule has 0 fully saturated rings. The van der Waals surface area contributed by atoms with Gasteiger partial charge in [0.25, 0.3) is 0 Å². The lowest BCUT2D eigenvalue weighted by Gasteiger charge is -2.17. The zero-order valence-corrected chi connectivity index (χ0v) is 14.9. The third kappa shape index (κ3) is 7.35. The maximum Gasteiger partial charge on any atom is 0.407 e. The second-order valence-corrected chi connectivity index (χ2v) is 5.82. The van der Waals surface area contributed by atoms with Crippen molar-refractivity contribution < 1.29 is 19.1 Å². The molecule has 1 atom stereocenters. The van der Waals surface area contributed by atoms with Crippen molar-refractivity contribution in [3.05, 3.63) is 29.8 Å². The normalized spacial score (nSPS) is 11.7. The van der Waals surface area contributed by atoms with E-state index in [9.17, 15) is 9.59 Å². The Morgan fingerprint density at radius 1 is 1.17 bits per heavy atom. The number of ether oxygens (including phenoxy) is 2. The number of rotatable bonds is 9. The van der Waals surface area contributed by atoms with E-state index in [1.165, 1.54) is 0 Å². The monoisotopic (exact) mass is 336 g/mol. The summed E-state index contributed by atoms with van der Waals surface area (Å²) in [6, 6.07) is 6.81. The number of nitrogens with one attached hydrogen (secondary N) is 2. The van der Waals surface area contributed by atoms with Gasteiger partial charge in [0, 0.05) is 13.5 Å². The van der Waals surface area contributed by atoms with Crippen molar-refractivity contribution in [2.75, 3.05) is 13.7 Å². The van der Waals surface area contributed by atoms with Crippen molar-refractivity contribution in [2.24, 2.45) is 0 Å². The van der Waals surface area contributed by atoms with E-state index in [4.69, 9.17) is 9.47 Å². The lowest BCUT2D eigenvalue weighted by atomic mass is 10.1. The Kier molecular flexibility index (Phi) is 8.68. The highest BCUT2D eigenvalue weighted by atomic mass is 16.5. The molecular weight excluding hydrogens is 308 g/mol. The standard InChI is InChI=1S/C18H28N2O4/c1-5-6-11-23-18(22)20-16(17(21)19-4)12-14-7-9-15(10-8-14)24-13(2)3/h7-10,13,16H,5-6,11-12H2,1-4H3,(H,19,21)(H,20,22)/t16-/m0/s1. The van der Waals surface area contributed by atoms with Crippen molar-refractivity contribution in [1.29, 1.82) is 0 Å². The molecule has 2 amide bonds. The SMILES string of the molecule is CCCCOC(=O)N[C@@H](Cc1ccc(OC(C)C)cc1)C(=O)NC. The molecule has 6 heteroatoms. The summed E-state index contributed by atoms with van der Waals surface area (Å²) in [6.45, 7) is 6.29. The highest BCUT2D eigenvalue weighted by Gasteiger charge is 2.20. The Morgan fingerprint density at radius 3 is 2.38 bits per heavy atom. The van der Waals surface area contributed by atoms with Crippen LogP contribution in [0.15, 0.2) is 24.3 Å². The maximum atomic E-state index is 12.0. The molecule has 0 aromatic heterocycles. The van der Waals surface area contributed by atoms with E-state index in [0.29, 0.717) is 13.0 Å². The topological polar surface area (TPSA) is 76.7 Å². The van der Waals surface area contributed by atoms with Crippen LogP contribution in [-0.4, -0.2) is 37.8 Å². The second-order valence-electron chi connectivity index (χ2n) is 5.82. The highest BCUT2D eigenvalue weighted by molar-refractivity contribution is 5.85. The van der Waals surface area contributed by atoms with E-state index in [-0.39, 0.29) is 12.0 Å². The summed E-state index contributed by atoms with van der Waals surface area (Å²) in [4.78, 5) is 23.8. The van der Waals surface area contributed by atoms with Gasteiger partial charge in [0.2, 0.25) is 5.91 Å². The summed E-state index contributed by atoms with van der Waals surface area (Å²) in [6.07, 6.45) is 1.66. The van der Waals surface area contributed by atoms with Gasteiger partial charge in [-0.2, -0.15) is 0 Å². The molecule has 2 N–H and O–H groups in total. The fraction of sp³-hybridized carbons (Fsp3) is 0.556. The summed E-state index contributed by atoms with van der Waals surface area (Å²) in [5.74, 6) is 0.516. The van der Waals surface area contributed by atoms with Gasteiger partial charge >= 0.3 is 6.09 Å². The molecule has 0 aliphatic rings. The summed E-state index contributed by atoms with van der Waals surface area (Å²) in [5, 5.41) is 5.18. The van der Waals surface area contributed by atoms with Crippen molar-refractivity contribution in [3.8, 4) is 5.75 Å². The summed E-state index contributed by atoms with van der Waals surface area (Å²) >= 11 is 0. The van der Waals surface area contributed by atoms with Crippen LogP contribution in [0.1, 0.15) is 39.2 Å². The number of benzene rings is 1. The number of carbonyl (C=O) groups is 2. The lowest BCUT2D eigenvalue weighted by Crippen LogP contribution is -2.47. The molecular formula is C18H28N2O4. The van der Waals surface area contributed by atoms with Gasteiger partial charge in [0.15, 0.2) is 0 Å². The van der Waals surface area contributed by atoms with E-state index in [1.54, 1.807) is 7.05 Å². The van der Waals surface area contributed by atoms with Crippen LogP contribution >= 0.6 is 0 Å². The van der Waals surface area contributed by atoms with Crippen LogP contribution < -0.4 is 15.4 Å². The molecule has 0 radical (unpaired) electrons. The first-order valence-electron chi connectivity index (χ1n) is 8.36. The highest BCUT2D eigenvalue weighted by Crippen LogP contribution is 2.15. The Hall–Kier alpha value is -2.24. The predicted octanol–water partition coefficient (Wildman–Crippen LogP) is 2.66. The number of hydrogen-bond acceptors (Lipinski definition) is 4. The smallest absolute Gasteiger partial charge is 0.407 e. The average molecular weight is 336 g/mol. The molecule has 0 saturated carbocycles. The minimum Gasteiger partial charge on any atom is -0.491 e. The molecule has 0 unspecified atom stereocenters. The summed E-state index contributed by atoms with van der Waals surface area (Å²) < 4.78 is 10.7. The molecule has 0 bridgehead atoms. The molecule has 1 aromatic carbocycles. The summed E-state index contributed by atoms with van der Waals surface area (Å²) in [5.41, 5.74) is 0.925. The van der Waals surface area contributed by atoms with E-state index in [0.717, 1.165) is 24.2 Å². The Balaban J connectivity index is 2.65. The third-order valence-corrected chi connectivity index (χ3v) is 3.32. The van der Waals surface area contributed by atoms with Gasteiger partial charge in [-0.25, -0.2) is 4.79 Å². The minimum absolute atomic E-state index is 0.106. The average Bonchev–Trinajstić information content (AvgIpc) is 2.55. The molecule has 134 valence electrons. The van der Waals surface area contributed by atoms with Gasteiger partial charge in [-0.05, 0) is 38.0 Å². The molecule has 24 heavy (non-hydrogen) atoms. The van der Waals surface area contributed by atoms with Crippen LogP contribution in [0.25, 0.3) is 0 Å². The first-order chi connectivity index (χ1) is 11.5. The Morgan fingerprint density at radius 2 is 1.83 bits per heavy atom. The van der Waals surface area contributed by atoms with Gasteiger partial charge in [0.05, 0.1) is 12.7 Å². The van der Waals surface area contributed by atoms with Crippen molar-refractivity contribution in [2.45, 2.75) is 52.2 Å². The van der Waals surface area contributed by atoms with Crippen molar-refractivity contribution in [3.63, 3.8) is 0 Å². The number of carbonyl (C=O) groups excluding carboxylic acids is 2. The second kappa shape index (κ2) is 10.5. The first-order valence-corrected chi connectivity index (χ1v) is 8.36. The van der Waals surface area contributed by atoms with Crippen LogP contribution in [0.5, 0.6) is 5.75 Å². The van der Waals surface area contributed by atoms with Gasteiger partial charge in [-0.1, -0.05) is 25.5 Å². The fourth-order valence-electron chi connectivity index (χ4n) is 2.09. The van der Waals surface area contributed by atoms with Crippen molar-refractivity contribution in [1.82, 2.24) is 10.6 Å². The van der Waals surface area contributed by atoms with Gasteiger partial charge < -0.3 is 20.1 Å². The van der Waals surface area contributed by atoms with Gasteiger partial charge in [0.1, 0.15) is 11.8 Å². The van der Waals surface area contributed by atoms with E-state index in [1.807, 2.05) is 45.0 Å². The first kappa shape index (κ1) is 19.8. The quantitative estimate of drug-likeness (QED) is 0.680. The molecule has 1 aromatic rings. The van der Waals surface area contributed by atoms with Crippen LogP contribution in [-0.2, 0) is 16.0 Å². The lowest BCUT2D eigenvalue weighted by molar-refractivity contribution is -0.122. The number of hydrogen-bond donors (Lipinski definition) is 2. The van der Waals surface area contributed by atoms with Gasteiger partial charge in [-0.15, -0.1) is 0 Å². The zero-order chi connectivity index (χ0) is 17.9. The molecule has 0 aliphatic carbocycles. The van der Waals surface area contributed by atoms with Crippen LogP contribution in [0.4, 0.5) is 4.79 Å². The van der Waals surface area contributed by atoms with E-state index < -0.39 is 12.1 Å². The van der Waals surface area contributed by atoms with Gasteiger partial charge in [-0.3, -0.25) is 4.79 Å². The number of amides is 2. The molecule has 6 nitrogen and oxygen atoms in total. The molecule has 0 aliphatic heterocycles. The van der Waals surface area contributed by atoms with E-state index in [2.05, 4.69) is 10.6 Å². The fourth-order valence-corrected chi connectivity index (χ4v) is 2.09. The summed E-state index contributed by atoms with van der Waals surface area (Å²) in [7, 11) is 1.54. The van der Waals surface area contributed by atoms with E-state index >= 15 is 0 Å². The maximum absolute atomic E-state index is 12.0. The Labute approximate surface area is 143 Å². The molecule has 1 rings (SSSR count). The number of alkyl carbamates (subject to hydrolysis) is 1. The third-order valence-electron chi connectivity index (χ3n) is 3.32. The molecule has 0 spiro atoms.